The molecule has 0 radical (unpaired) electrons. The molecular formula is C17H20N4O2S. The van der Waals surface area contributed by atoms with Crippen molar-refractivity contribution in [3.8, 4) is 0 Å². The molecule has 0 aliphatic rings. The molecule has 0 saturated carbocycles. The van der Waals surface area contributed by atoms with Crippen LogP contribution in [0.4, 0.5) is 17.1 Å². The summed E-state index contributed by atoms with van der Waals surface area (Å²) in [5, 5.41) is 14.3. The number of nitrogens with one attached hydrogen (secondary N) is 3. The average Bonchev–Trinajstić information content (AvgIpc) is 2.59. The summed E-state index contributed by atoms with van der Waals surface area (Å²) in [6.45, 7) is 2.17. The molecule has 0 bridgehead atoms. The molecule has 0 aliphatic carbocycles. The van der Waals surface area contributed by atoms with E-state index in [1.54, 1.807) is 18.2 Å². The van der Waals surface area contributed by atoms with E-state index in [1.807, 2.05) is 12.1 Å². The monoisotopic (exact) mass is 344 g/mol. The van der Waals surface area contributed by atoms with Gasteiger partial charge in [0.15, 0.2) is 5.11 Å². The summed E-state index contributed by atoms with van der Waals surface area (Å²) in [5.41, 5.74) is 7.99. The third-order valence-electron chi connectivity index (χ3n) is 3.44. The maximum absolute atomic E-state index is 11.0. The normalized spacial score (nSPS) is 10.0. The van der Waals surface area contributed by atoms with Gasteiger partial charge < -0.3 is 5.32 Å². The predicted molar refractivity (Wildman–Crippen MR) is 101 cm³/mol. The van der Waals surface area contributed by atoms with Gasteiger partial charge in [0.1, 0.15) is 5.69 Å². The highest BCUT2D eigenvalue weighted by Gasteiger charge is 2.11. The molecule has 0 aliphatic heterocycles. The molecule has 0 amide bonds. The number of unbranched alkanes of at least 4 members (excludes halogenated alkanes) is 1. The van der Waals surface area contributed by atoms with Gasteiger partial charge in [-0.2, -0.15) is 0 Å². The van der Waals surface area contributed by atoms with Crippen molar-refractivity contribution in [3.05, 3.63) is 64.2 Å². The molecule has 2 aromatic rings. The number of rotatable bonds is 7. The standard InChI is InChI=1S/C17H20N4O2S/c1-2-3-6-13-9-11-14(12-10-13)18-17(24)20-19-15-7-4-5-8-16(15)21(22)23/h4-5,7-12,19H,2-3,6H2,1H3,(H2,18,20,24). The van der Waals surface area contributed by atoms with E-state index in [4.69, 9.17) is 12.2 Å². The minimum Gasteiger partial charge on any atom is -0.331 e. The Labute approximate surface area is 146 Å². The van der Waals surface area contributed by atoms with Gasteiger partial charge in [-0.15, -0.1) is 0 Å². The van der Waals surface area contributed by atoms with Gasteiger partial charge in [-0.05, 0) is 48.8 Å². The van der Waals surface area contributed by atoms with Crippen molar-refractivity contribution in [3.63, 3.8) is 0 Å². The van der Waals surface area contributed by atoms with E-state index in [9.17, 15) is 10.1 Å². The molecule has 0 unspecified atom stereocenters. The van der Waals surface area contributed by atoms with E-state index in [1.165, 1.54) is 24.5 Å². The Balaban J connectivity index is 1.88. The van der Waals surface area contributed by atoms with E-state index in [-0.39, 0.29) is 5.69 Å². The number of thiocarbonyl (C=S) groups is 1. The first kappa shape index (κ1) is 17.7. The SMILES string of the molecule is CCCCc1ccc(NC(=S)NNc2ccccc2[N+](=O)[O-])cc1. The highest BCUT2D eigenvalue weighted by molar-refractivity contribution is 7.80. The number of nitrogens with zero attached hydrogens (tertiary/aromatic N) is 1. The van der Waals surface area contributed by atoms with Crippen LogP contribution in [0.2, 0.25) is 0 Å². The van der Waals surface area contributed by atoms with Crippen LogP contribution in [0.1, 0.15) is 25.3 Å². The minimum absolute atomic E-state index is 0.0203. The molecule has 0 spiro atoms. The Hall–Kier alpha value is -2.67. The second kappa shape index (κ2) is 8.83. The molecule has 126 valence electrons. The lowest BCUT2D eigenvalue weighted by Crippen LogP contribution is -2.33. The molecule has 24 heavy (non-hydrogen) atoms. The van der Waals surface area contributed by atoms with Gasteiger partial charge in [0.05, 0.1) is 4.92 Å². The van der Waals surface area contributed by atoms with Crippen molar-refractivity contribution >= 4 is 34.4 Å². The van der Waals surface area contributed by atoms with Crippen molar-refractivity contribution in [2.75, 3.05) is 10.7 Å². The Morgan fingerprint density at radius 2 is 1.88 bits per heavy atom. The fourth-order valence-corrected chi connectivity index (χ4v) is 2.33. The molecule has 2 aromatic carbocycles. The van der Waals surface area contributed by atoms with Crippen molar-refractivity contribution in [2.24, 2.45) is 0 Å². The van der Waals surface area contributed by atoms with Crippen LogP contribution in [0.3, 0.4) is 0 Å². The average molecular weight is 344 g/mol. The maximum Gasteiger partial charge on any atom is 0.294 e. The second-order valence-electron chi connectivity index (χ2n) is 5.28. The van der Waals surface area contributed by atoms with Crippen LogP contribution in [0.25, 0.3) is 0 Å². The molecule has 0 fully saturated rings. The Morgan fingerprint density at radius 3 is 2.54 bits per heavy atom. The number of para-hydroxylation sites is 2. The van der Waals surface area contributed by atoms with Gasteiger partial charge in [0, 0.05) is 11.8 Å². The fraction of sp³-hybridized carbons (Fsp3) is 0.235. The summed E-state index contributed by atoms with van der Waals surface area (Å²) in [4.78, 5) is 10.5. The minimum atomic E-state index is -0.449. The van der Waals surface area contributed by atoms with Crippen molar-refractivity contribution in [1.82, 2.24) is 5.43 Å². The number of hydrogen-bond donors (Lipinski definition) is 3. The number of hydrogen-bond acceptors (Lipinski definition) is 4. The largest absolute Gasteiger partial charge is 0.331 e. The molecular weight excluding hydrogens is 324 g/mol. The van der Waals surface area contributed by atoms with Crippen molar-refractivity contribution in [2.45, 2.75) is 26.2 Å². The lowest BCUT2D eigenvalue weighted by atomic mass is 10.1. The number of aryl methyl sites for hydroxylation is 1. The first-order valence-corrected chi connectivity index (χ1v) is 8.16. The summed E-state index contributed by atoms with van der Waals surface area (Å²) in [6.07, 6.45) is 3.41. The van der Waals surface area contributed by atoms with E-state index >= 15 is 0 Å². The number of nitro benzene ring substituents is 1. The zero-order valence-corrected chi connectivity index (χ0v) is 14.2. The smallest absolute Gasteiger partial charge is 0.294 e. The number of anilines is 2. The van der Waals surface area contributed by atoms with E-state index in [0.717, 1.165) is 12.1 Å². The summed E-state index contributed by atoms with van der Waals surface area (Å²) < 4.78 is 0. The quantitative estimate of drug-likeness (QED) is 0.396. The van der Waals surface area contributed by atoms with Gasteiger partial charge in [-0.25, -0.2) is 0 Å². The molecule has 7 heteroatoms. The van der Waals surface area contributed by atoms with Gasteiger partial charge in [0.2, 0.25) is 0 Å². The van der Waals surface area contributed by atoms with Crippen LogP contribution in [-0.4, -0.2) is 10.0 Å². The van der Waals surface area contributed by atoms with E-state index in [0.29, 0.717) is 10.8 Å². The first-order valence-electron chi connectivity index (χ1n) is 7.75. The zero-order chi connectivity index (χ0) is 17.4. The lowest BCUT2D eigenvalue weighted by molar-refractivity contribution is -0.384. The van der Waals surface area contributed by atoms with Crippen molar-refractivity contribution in [1.29, 1.82) is 0 Å². The summed E-state index contributed by atoms with van der Waals surface area (Å²) in [6, 6.07) is 14.4. The van der Waals surface area contributed by atoms with Crippen LogP contribution < -0.4 is 16.2 Å². The second-order valence-corrected chi connectivity index (χ2v) is 5.69. The third-order valence-corrected chi connectivity index (χ3v) is 3.65. The molecule has 0 aromatic heterocycles. The molecule has 2 rings (SSSR count). The third kappa shape index (κ3) is 5.20. The van der Waals surface area contributed by atoms with Gasteiger partial charge in [0.25, 0.3) is 5.69 Å². The first-order chi connectivity index (χ1) is 11.6. The topological polar surface area (TPSA) is 79.2 Å². The van der Waals surface area contributed by atoms with Crippen LogP contribution in [0, 0.1) is 10.1 Å². The number of nitro groups is 1. The van der Waals surface area contributed by atoms with Crippen LogP contribution in [-0.2, 0) is 6.42 Å². The van der Waals surface area contributed by atoms with Gasteiger partial charge >= 0.3 is 0 Å². The Kier molecular flexibility index (Phi) is 6.51. The molecule has 3 N–H and O–H groups in total. The fourth-order valence-electron chi connectivity index (χ4n) is 2.16. The van der Waals surface area contributed by atoms with E-state index < -0.39 is 4.92 Å². The highest BCUT2D eigenvalue weighted by atomic mass is 32.1. The number of hydrazine groups is 1. The van der Waals surface area contributed by atoms with Crippen LogP contribution in [0.15, 0.2) is 48.5 Å². The highest BCUT2D eigenvalue weighted by Crippen LogP contribution is 2.22. The van der Waals surface area contributed by atoms with E-state index in [2.05, 4.69) is 35.2 Å². The molecule has 0 atom stereocenters. The van der Waals surface area contributed by atoms with Crippen LogP contribution in [0.5, 0.6) is 0 Å². The molecule has 0 saturated heterocycles. The predicted octanol–water partition coefficient (Wildman–Crippen LogP) is 4.25. The Bertz CT molecular complexity index is 704. The van der Waals surface area contributed by atoms with Gasteiger partial charge in [-0.3, -0.25) is 21.0 Å². The molecule has 6 nitrogen and oxygen atoms in total. The summed E-state index contributed by atoms with van der Waals surface area (Å²) >= 11 is 5.19. The zero-order valence-electron chi connectivity index (χ0n) is 13.4. The van der Waals surface area contributed by atoms with Gasteiger partial charge in [-0.1, -0.05) is 37.6 Å². The summed E-state index contributed by atoms with van der Waals surface area (Å²) in [7, 11) is 0. The van der Waals surface area contributed by atoms with Crippen molar-refractivity contribution < 1.29 is 4.92 Å². The lowest BCUT2D eigenvalue weighted by Gasteiger charge is -2.13. The molecule has 0 heterocycles. The Morgan fingerprint density at radius 1 is 1.17 bits per heavy atom. The maximum atomic E-state index is 11.0. The summed E-state index contributed by atoms with van der Waals surface area (Å²) in [5.74, 6) is 0. The van der Waals surface area contributed by atoms with Crippen LogP contribution >= 0.6 is 12.2 Å². The number of benzene rings is 2.